The highest BCUT2D eigenvalue weighted by Gasteiger charge is 2.28. The topological polar surface area (TPSA) is 69.8 Å². The average molecular weight is 270 g/mol. The van der Waals surface area contributed by atoms with Crippen LogP contribution in [0.3, 0.4) is 0 Å². The van der Waals surface area contributed by atoms with Gasteiger partial charge < -0.3 is 9.40 Å². The van der Waals surface area contributed by atoms with E-state index in [1.165, 1.54) is 0 Å². The number of H-pyrrole nitrogens is 1. The van der Waals surface area contributed by atoms with Gasteiger partial charge >= 0.3 is 0 Å². The second-order valence-electron chi connectivity index (χ2n) is 4.56. The molecule has 0 saturated heterocycles. The van der Waals surface area contributed by atoms with Crippen molar-refractivity contribution in [2.75, 3.05) is 0 Å². The van der Waals surface area contributed by atoms with Crippen molar-refractivity contribution in [1.29, 1.82) is 5.26 Å². The van der Waals surface area contributed by atoms with E-state index in [0.29, 0.717) is 28.6 Å². The molecule has 0 amide bonds. The van der Waals surface area contributed by atoms with E-state index in [1.54, 1.807) is 12.3 Å². The number of aromatic amines is 1. The van der Waals surface area contributed by atoms with Gasteiger partial charge in [0.25, 0.3) is 0 Å². The van der Waals surface area contributed by atoms with Gasteiger partial charge in [0.2, 0.25) is 0 Å². The molecule has 1 unspecified atom stereocenters. The molecule has 19 heavy (non-hydrogen) atoms. The van der Waals surface area contributed by atoms with Crippen LogP contribution in [0.25, 0.3) is 0 Å². The fraction of sp³-hybridized carbons (Fsp3) is 0.214. The lowest BCUT2D eigenvalue weighted by Crippen LogP contribution is -2.20. The number of ketones is 1. The van der Waals surface area contributed by atoms with Crippen molar-refractivity contribution in [2.24, 2.45) is 0 Å². The van der Waals surface area contributed by atoms with Gasteiger partial charge in [-0.1, -0.05) is 12.2 Å². The fourth-order valence-electron chi connectivity index (χ4n) is 2.44. The summed E-state index contributed by atoms with van der Waals surface area (Å²) in [5.74, 6) is 0.863. The minimum Gasteiger partial charge on any atom is -0.469 e. The molecule has 2 aromatic heterocycles. The SMILES string of the molecule is N#Cc1cc2c([nH]c1=S)CC(c1ccco1)CC2=O. The van der Waals surface area contributed by atoms with Crippen molar-refractivity contribution in [1.82, 2.24) is 4.98 Å². The number of nitrogens with zero attached hydrogens (tertiary/aromatic N) is 1. The summed E-state index contributed by atoms with van der Waals surface area (Å²) in [5.41, 5.74) is 1.72. The van der Waals surface area contributed by atoms with Crippen LogP contribution in [-0.2, 0) is 6.42 Å². The molecule has 0 fully saturated rings. The van der Waals surface area contributed by atoms with Gasteiger partial charge in [-0.3, -0.25) is 4.79 Å². The quantitative estimate of drug-likeness (QED) is 0.808. The first kappa shape index (κ1) is 11.9. The first-order chi connectivity index (χ1) is 9.19. The zero-order chi connectivity index (χ0) is 13.4. The molecule has 1 aliphatic carbocycles. The number of hydrogen-bond donors (Lipinski definition) is 1. The van der Waals surface area contributed by atoms with Crippen LogP contribution in [0.4, 0.5) is 0 Å². The van der Waals surface area contributed by atoms with Crippen LogP contribution in [0, 0.1) is 16.0 Å². The Bertz CT molecular complexity index is 738. The molecule has 4 nitrogen and oxygen atoms in total. The summed E-state index contributed by atoms with van der Waals surface area (Å²) in [4.78, 5) is 15.2. The molecule has 1 N–H and O–H groups in total. The van der Waals surface area contributed by atoms with Crippen molar-refractivity contribution >= 4 is 18.0 Å². The number of nitrogens with one attached hydrogen (secondary N) is 1. The van der Waals surface area contributed by atoms with Gasteiger partial charge in [0.1, 0.15) is 16.5 Å². The van der Waals surface area contributed by atoms with Crippen molar-refractivity contribution in [3.8, 4) is 6.07 Å². The minimum absolute atomic E-state index is 0.0189. The van der Waals surface area contributed by atoms with E-state index < -0.39 is 0 Å². The van der Waals surface area contributed by atoms with Gasteiger partial charge in [-0.05, 0) is 24.6 Å². The summed E-state index contributed by atoms with van der Waals surface area (Å²) >= 11 is 5.10. The number of carbonyl (C=O) groups is 1. The largest absolute Gasteiger partial charge is 0.469 e. The molecule has 0 spiro atoms. The summed E-state index contributed by atoms with van der Waals surface area (Å²) in [6.07, 6.45) is 2.68. The maximum absolute atomic E-state index is 12.2. The number of furan rings is 1. The van der Waals surface area contributed by atoms with Gasteiger partial charge in [-0.25, -0.2) is 0 Å². The Morgan fingerprint density at radius 2 is 2.32 bits per heavy atom. The van der Waals surface area contributed by atoms with E-state index in [2.05, 4.69) is 4.98 Å². The fourth-order valence-corrected chi connectivity index (χ4v) is 2.67. The molecule has 0 bridgehead atoms. The van der Waals surface area contributed by atoms with E-state index in [-0.39, 0.29) is 11.7 Å². The van der Waals surface area contributed by atoms with E-state index in [9.17, 15) is 4.79 Å². The molecule has 0 aliphatic heterocycles. The molecule has 2 heterocycles. The van der Waals surface area contributed by atoms with E-state index in [1.807, 2.05) is 18.2 Å². The van der Waals surface area contributed by atoms with Crippen molar-refractivity contribution in [3.05, 3.63) is 51.7 Å². The smallest absolute Gasteiger partial charge is 0.165 e. The molecule has 5 heteroatoms. The third-order valence-electron chi connectivity index (χ3n) is 3.37. The summed E-state index contributed by atoms with van der Waals surface area (Å²) in [6, 6.07) is 7.28. The van der Waals surface area contributed by atoms with Crippen molar-refractivity contribution in [2.45, 2.75) is 18.8 Å². The standard InChI is InChI=1S/C14H10N2O2S/c15-7-9-4-10-11(16-14(9)19)5-8(6-12(10)17)13-2-1-3-18-13/h1-4,8H,5-6H2,(H,16,19). The molecule has 1 atom stereocenters. The lowest BCUT2D eigenvalue weighted by Gasteiger charge is -2.22. The van der Waals surface area contributed by atoms with Crippen molar-refractivity contribution < 1.29 is 9.21 Å². The van der Waals surface area contributed by atoms with Gasteiger partial charge in [-0.15, -0.1) is 0 Å². The highest BCUT2D eigenvalue weighted by molar-refractivity contribution is 7.71. The Labute approximate surface area is 114 Å². The number of hydrogen-bond acceptors (Lipinski definition) is 4. The Hall–Kier alpha value is -2.19. The number of aromatic nitrogens is 1. The molecule has 0 radical (unpaired) electrons. The highest BCUT2D eigenvalue weighted by atomic mass is 32.1. The van der Waals surface area contributed by atoms with E-state index in [4.69, 9.17) is 21.9 Å². The molecule has 2 aromatic rings. The number of nitriles is 1. The van der Waals surface area contributed by atoms with Gasteiger partial charge in [0.15, 0.2) is 5.78 Å². The summed E-state index contributed by atoms with van der Waals surface area (Å²) in [6.45, 7) is 0. The van der Waals surface area contributed by atoms with Crippen LogP contribution in [0.1, 0.15) is 39.7 Å². The third kappa shape index (κ3) is 2.00. The number of fused-ring (bicyclic) bond motifs is 1. The highest BCUT2D eigenvalue weighted by Crippen LogP contribution is 2.32. The van der Waals surface area contributed by atoms with E-state index in [0.717, 1.165) is 11.5 Å². The van der Waals surface area contributed by atoms with Crippen LogP contribution < -0.4 is 0 Å². The normalized spacial score (nSPS) is 17.8. The molecular formula is C14H10N2O2S. The van der Waals surface area contributed by atoms with Crippen LogP contribution in [-0.4, -0.2) is 10.8 Å². The Balaban J connectivity index is 2.06. The number of rotatable bonds is 1. The molecule has 94 valence electrons. The average Bonchev–Trinajstić information content (AvgIpc) is 2.91. The monoisotopic (exact) mass is 270 g/mol. The maximum Gasteiger partial charge on any atom is 0.165 e. The zero-order valence-electron chi connectivity index (χ0n) is 9.97. The van der Waals surface area contributed by atoms with Crippen LogP contribution >= 0.6 is 12.2 Å². The second kappa shape index (κ2) is 4.48. The Morgan fingerprint density at radius 1 is 1.47 bits per heavy atom. The maximum atomic E-state index is 12.2. The number of pyridine rings is 1. The minimum atomic E-state index is 0.0189. The molecule has 3 rings (SSSR count). The predicted octanol–water partition coefficient (Wildman–Crippen LogP) is 3.12. The number of Topliss-reactive ketones (excluding diaryl/α,β-unsaturated/α-hetero) is 1. The van der Waals surface area contributed by atoms with Gasteiger partial charge in [0, 0.05) is 23.6 Å². The van der Waals surface area contributed by atoms with E-state index >= 15 is 0 Å². The first-order valence-corrected chi connectivity index (χ1v) is 6.32. The van der Waals surface area contributed by atoms with Crippen LogP contribution in [0.15, 0.2) is 28.9 Å². The molecule has 0 saturated carbocycles. The molecule has 1 aliphatic rings. The Kier molecular flexibility index (Phi) is 2.80. The van der Waals surface area contributed by atoms with Crippen LogP contribution in [0.5, 0.6) is 0 Å². The van der Waals surface area contributed by atoms with Crippen LogP contribution in [0.2, 0.25) is 0 Å². The molecular weight excluding hydrogens is 260 g/mol. The summed E-state index contributed by atoms with van der Waals surface area (Å²) in [7, 11) is 0. The lowest BCUT2D eigenvalue weighted by molar-refractivity contribution is 0.0959. The third-order valence-corrected chi connectivity index (χ3v) is 3.69. The van der Waals surface area contributed by atoms with Gasteiger partial charge in [0.05, 0.1) is 11.8 Å². The number of carbonyl (C=O) groups excluding carboxylic acids is 1. The Morgan fingerprint density at radius 3 is 3.00 bits per heavy atom. The van der Waals surface area contributed by atoms with Crippen molar-refractivity contribution in [3.63, 3.8) is 0 Å². The van der Waals surface area contributed by atoms with Gasteiger partial charge in [-0.2, -0.15) is 5.26 Å². The summed E-state index contributed by atoms with van der Waals surface area (Å²) < 4.78 is 5.75. The first-order valence-electron chi connectivity index (χ1n) is 5.92. The summed E-state index contributed by atoms with van der Waals surface area (Å²) in [5, 5.41) is 8.95. The zero-order valence-corrected chi connectivity index (χ0v) is 10.8. The molecule has 0 aromatic carbocycles. The second-order valence-corrected chi connectivity index (χ2v) is 4.97. The lowest BCUT2D eigenvalue weighted by atomic mass is 9.84. The predicted molar refractivity (Wildman–Crippen MR) is 70.4 cm³/mol.